The van der Waals surface area contributed by atoms with Gasteiger partial charge in [-0.1, -0.05) is 42.5 Å². The lowest BCUT2D eigenvalue weighted by Crippen LogP contribution is -2.15. The molecule has 0 saturated heterocycles. The van der Waals surface area contributed by atoms with E-state index >= 15 is 0 Å². The van der Waals surface area contributed by atoms with Gasteiger partial charge in [-0.25, -0.2) is 0 Å². The second-order valence-electron chi connectivity index (χ2n) is 6.73. The molecule has 0 aliphatic rings. The maximum absolute atomic E-state index is 12.6. The summed E-state index contributed by atoms with van der Waals surface area (Å²) in [5.74, 6) is 1.15. The number of ether oxygens (including phenoxy) is 2. The Kier molecular flexibility index (Phi) is 6.68. The van der Waals surface area contributed by atoms with E-state index in [1.54, 1.807) is 12.1 Å². The van der Waals surface area contributed by atoms with Crippen LogP contribution in [0.3, 0.4) is 0 Å². The van der Waals surface area contributed by atoms with E-state index in [1.165, 1.54) is 5.56 Å². The van der Waals surface area contributed by atoms with E-state index in [1.807, 2.05) is 68.4 Å². The van der Waals surface area contributed by atoms with Gasteiger partial charge in [-0.15, -0.1) is 0 Å². The van der Waals surface area contributed by atoms with E-state index in [4.69, 9.17) is 9.47 Å². The van der Waals surface area contributed by atoms with E-state index in [-0.39, 0.29) is 12.0 Å². The molecular weight excluding hydrogens is 350 g/mol. The summed E-state index contributed by atoms with van der Waals surface area (Å²) in [7, 11) is 0. The lowest BCUT2D eigenvalue weighted by molar-refractivity contribution is 0.102. The summed E-state index contributed by atoms with van der Waals surface area (Å²) in [6.45, 7) is 4.48. The van der Waals surface area contributed by atoms with Crippen LogP contribution in [0.25, 0.3) is 0 Å². The van der Waals surface area contributed by atoms with Crippen molar-refractivity contribution < 1.29 is 14.3 Å². The largest absolute Gasteiger partial charge is 0.493 e. The van der Waals surface area contributed by atoms with Gasteiger partial charge in [0, 0.05) is 12.1 Å². The minimum atomic E-state index is -0.200. The maximum atomic E-state index is 12.6. The van der Waals surface area contributed by atoms with Gasteiger partial charge in [0.1, 0.15) is 11.5 Å². The van der Waals surface area contributed by atoms with Gasteiger partial charge >= 0.3 is 0 Å². The number of hydrogen-bond donors (Lipinski definition) is 1. The standard InChI is InChI=1S/C24H25NO3/c1-18(2)28-23-11-7-6-10-22(23)24(26)25-20-12-14-21(15-13-20)27-17-16-19-8-4-3-5-9-19/h3-15,18H,16-17H2,1-2H3,(H,25,26). The third kappa shape index (κ3) is 5.61. The highest BCUT2D eigenvalue weighted by atomic mass is 16.5. The van der Waals surface area contributed by atoms with Crippen LogP contribution in [0.1, 0.15) is 29.8 Å². The van der Waals surface area contributed by atoms with Crippen LogP contribution in [0.4, 0.5) is 5.69 Å². The molecule has 0 radical (unpaired) electrons. The molecular formula is C24H25NO3. The van der Waals surface area contributed by atoms with Crippen LogP contribution >= 0.6 is 0 Å². The molecule has 3 rings (SSSR count). The van der Waals surface area contributed by atoms with Crippen molar-refractivity contribution in [1.82, 2.24) is 0 Å². The molecule has 1 amide bonds. The Labute approximate surface area is 166 Å². The molecule has 0 atom stereocenters. The van der Waals surface area contributed by atoms with E-state index in [0.29, 0.717) is 23.6 Å². The van der Waals surface area contributed by atoms with Crippen LogP contribution in [0, 0.1) is 0 Å². The number of carbonyl (C=O) groups is 1. The third-order valence-electron chi connectivity index (χ3n) is 4.11. The molecule has 144 valence electrons. The third-order valence-corrected chi connectivity index (χ3v) is 4.11. The van der Waals surface area contributed by atoms with Crippen LogP contribution < -0.4 is 14.8 Å². The number of carbonyl (C=O) groups excluding carboxylic acids is 1. The quantitative estimate of drug-likeness (QED) is 0.577. The molecule has 0 saturated carbocycles. The first kappa shape index (κ1) is 19.5. The monoisotopic (exact) mass is 375 g/mol. The maximum Gasteiger partial charge on any atom is 0.259 e. The van der Waals surface area contributed by atoms with Crippen molar-refractivity contribution in [3.63, 3.8) is 0 Å². The minimum absolute atomic E-state index is 0.00117. The van der Waals surface area contributed by atoms with E-state index < -0.39 is 0 Å². The van der Waals surface area contributed by atoms with Crippen LogP contribution in [0.5, 0.6) is 11.5 Å². The fourth-order valence-electron chi connectivity index (χ4n) is 2.78. The second-order valence-corrected chi connectivity index (χ2v) is 6.73. The highest BCUT2D eigenvalue weighted by molar-refractivity contribution is 6.06. The molecule has 28 heavy (non-hydrogen) atoms. The van der Waals surface area contributed by atoms with E-state index in [0.717, 1.165) is 12.2 Å². The lowest BCUT2D eigenvalue weighted by atomic mass is 10.1. The highest BCUT2D eigenvalue weighted by Gasteiger charge is 2.13. The van der Waals surface area contributed by atoms with Crippen molar-refractivity contribution in [1.29, 1.82) is 0 Å². The van der Waals surface area contributed by atoms with Gasteiger partial charge in [0.25, 0.3) is 5.91 Å². The number of amides is 1. The Morgan fingerprint density at radius 1 is 0.893 bits per heavy atom. The predicted octanol–water partition coefficient (Wildman–Crippen LogP) is 5.35. The highest BCUT2D eigenvalue weighted by Crippen LogP contribution is 2.22. The molecule has 0 aromatic heterocycles. The van der Waals surface area contributed by atoms with Crippen molar-refractivity contribution in [3.05, 3.63) is 90.0 Å². The predicted molar refractivity (Wildman–Crippen MR) is 112 cm³/mol. The molecule has 3 aromatic carbocycles. The van der Waals surface area contributed by atoms with E-state index in [9.17, 15) is 4.79 Å². The Hall–Kier alpha value is -3.27. The number of benzene rings is 3. The van der Waals surface area contributed by atoms with Gasteiger partial charge in [-0.05, 0) is 55.8 Å². The summed E-state index contributed by atoms with van der Waals surface area (Å²) in [4.78, 5) is 12.6. The fraction of sp³-hybridized carbons (Fsp3) is 0.208. The van der Waals surface area contributed by atoms with Gasteiger partial charge < -0.3 is 14.8 Å². The summed E-state index contributed by atoms with van der Waals surface area (Å²) in [5, 5.41) is 2.91. The van der Waals surface area contributed by atoms with Gasteiger partial charge in [-0.3, -0.25) is 4.79 Å². The number of para-hydroxylation sites is 1. The number of hydrogen-bond acceptors (Lipinski definition) is 3. The molecule has 0 heterocycles. The van der Waals surface area contributed by atoms with Crippen LogP contribution in [-0.2, 0) is 6.42 Å². The van der Waals surface area contributed by atoms with Gasteiger partial charge in [0.05, 0.1) is 18.3 Å². The van der Waals surface area contributed by atoms with Crippen LogP contribution in [0.2, 0.25) is 0 Å². The summed E-state index contributed by atoms with van der Waals surface area (Å²) >= 11 is 0. The summed E-state index contributed by atoms with van der Waals surface area (Å²) in [6.07, 6.45) is 0.854. The molecule has 0 bridgehead atoms. The van der Waals surface area contributed by atoms with Gasteiger partial charge in [0.2, 0.25) is 0 Å². The summed E-state index contributed by atoms with van der Waals surface area (Å²) in [6, 6.07) is 24.9. The molecule has 0 fully saturated rings. The Bertz CT molecular complexity index is 889. The number of anilines is 1. The van der Waals surface area contributed by atoms with Crippen molar-refractivity contribution in [2.45, 2.75) is 26.4 Å². The normalized spacial score (nSPS) is 10.5. The van der Waals surface area contributed by atoms with Crippen molar-refractivity contribution in [2.24, 2.45) is 0 Å². The number of rotatable bonds is 8. The van der Waals surface area contributed by atoms with Crippen LogP contribution in [-0.4, -0.2) is 18.6 Å². The van der Waals surface area contributed by atoms with E-state index in [2.05, 4.69) is 17.4 Å². The second kappa shape index (κ2) is 9.60. The summed E-state index contributed by atoms with van der Waals surface area (Å²) < 4.78 is 11.5. The molecule has 0 aliphatic carbocycles. The Morgan fingerprint density at radius 3 is 2.29 bits per heavy atom. The van der Waals surface area contributed by atoms with Gasteiger partial charge in [0.15, 0.2) is 0 Å². The van der Waals surface area contributed by atoms with Crippen molar-refractivity contribution >= 4 is 11.6 Å². The molecule has 4 nitrogen and oxygen atoms in total. The van der Waals surface area contributed by atoms with Gasteiger partial charge in [-0.2, -0.15) is 0 Å². The van der Waals surface area contributed by atoms with Crippen molar-refractivity contribution in [3.8, 4) is 11.5 Å². The van der Waals surface area contributed by atoms with Crippen molar-refractivity contribution in [2.75, 3.05) is 11.9 Å². The topological polar surface area (TPSA) is 47.6 Å². The number of nitrogens with one attached hydrogen (secondary N) is 1. The molecule has 1 N–H and O–H groups in total. The Morgan fingerprint density at radius 2 is 1.57 bits per heavy atom. The zero-order valence-corrected chi connectivity index (χ0v) is 16.2. The SMILES string of the molecule is CC(C)Oc1ccccc1C(=O)Nc1ccc(OCCc2ccccc2)cc1. The molecule has 0 spiro atoms. The zero-order valence-electron chi connectivity index (χ0n) is 16.2. The lowest BCUT2D eigenvalue weighted by Gasteiger charge is -2.14. The first-order valence-electron chi connectivity index (χ1n) is 9.45. The fourth-order valence-corrected chi connectivity index (χ4v) is 2.78. The molecule has 0 aliphatic heterocycles. The first-order chi connectivity index (χ1) is 13.6. The first-order valence-corrected chi connectivity index (χ1v) is 9.45. The molecule has 3 aromatic rings. The summed E-state index contributed by atoms with van der Waals surface area (Å²) in [5.41, 5.74) is 2.47. The smallest absolute Gasteiger partial charge is 0.259 e. The minimum Gasteiger partial charge on any atom is -0.493 e. The average Bonchev–Trinajstić information content (AvgIpc) is 2.70. The average molecular weight is 375 g/mol. The van der Waals surface area contributed by atoms with Crippen LogP contribution in [0.15, 0.2) is 78.9 Å². The molecule has 4 heteroatoms. The molecule has 0 unspecified atom stereocenters. The zero-order chi connectivity index (χ0) is 19.8. The Balaban J connectivity index is 1.56.